The van der Waals surface area contributed by atoms with Gasteiger partial charge in [-0.15, -0.1) is 6.42 Å². The molecular weight excluding hydrogens is 410 g/mol. The highest BCUT2D eigenvalue weighted by atomic mass is 32.2. The van der Waals surface area contributed by atoms with E-state index in [-0.39, 0.29) is 30.4 Å². The summed E-state index contributed by atoms with van der Waals surface area (Å²) in [6.07, 6.45) is 5.39. The van der Waals surface area contributed by atoms with Gasteiger partial charge in [0.05, 0.1) is 5.56 Å². The van der Waals surface area contributed by atoms with E-state index < -0.39 is 0 Å². The maximum atomic E-state index is 12.9. The van der Waals surface area contributed by atoms with Crippen LogP contribution in [-0.2, 0) is 10.5 Å². The summed E-state index contributed by atoms with van der Waals surface area (Å²) >= 11 is 1.43. The number of ether oxygens (including phenoxy) is 1. The molecule has 0 spiro atoms. The fraction of sp³-hybridized carbons (Fsp3) is 0.208. The maximum absolute atomic E-state index is 12.9. The number of terminal acetylenes is 1. The molecule has 7 heteroatoms. The van der Waals surface area contributed by atoms with Crippen molar-refractivity contribution in [1.82, 2.24) is 9.97 Å². The van der Waals surface area contributed by atoms with E-state index >= 15 is 0 Å². The van der Waals surface area contributed by atoms with Gasteiger partial charge in [0.1, 0.15) is 18.2 Å². The molecule has 1 amide bonds. The molecule has 0 aliphatic carbocycles. The third-order valence-corrected chi connectivity index (χ3v) is 5.94. The average Bonchev–Trinajstić information content (AvgIpc) is 2.76. The quantitative estimate of drug-likeness (QED) is 0.352. The molecule has 156 valence electrons. The number of carbonyl (C=O) groups excluding carboxylic acids is 1. The van der Waals surface area contributed by atoms with Gasteiger partial charge in [-0.1, -0.05) is 59.6 Å². The molecule has 1 aliphatic rings. The second-order valence-electron chi connectivity index (χ2n) is 7.28. The predicted molar refractivity (Wildman–Crippen MR) is 121 cm³/mol. The highest BCUT2D eigenvalue weighted by Crippen LogP contribution is 2.35. The van der Waals surface area contributed by atoms with Crippen molar-refractivity contribution < 1.29 is 9.53 Å². The molecule has 2 heterocycles. The van der Waals surface area contributed by atoms with Crippen LogP contribution in [0.2, 0.25) is 0 Å². The zero-order valence-electron chi connectivity index (χ0n) is 17.0. The Hall–Kier alpha value is -3.50. The molecular formula is C24H21N3O3S. The normalized spacial score (nSPS) is 15.0. The van der Waals surface area contributed by atoms with Crippen molar-refractivity contribution in [3.05, 3.63) is 81.1 Å². The third-order valence-electron chi connectivity index (χ3n) is 4.99. The molecule has 0 fully saturated rings. The highest BCUT2D eigenvalue weighted by molar-refractivity contribution is 7.98. The number of amides is 1. The Morgan fingerprint density at radius 3 is 2.77 bits per heavy atom. The van der Waals surface area contributed by atoms with Crippen molar-refractivity contribution >= 4 is 23.5 Å². The van der Waals surface area contributed by atoms with Gasteiger partial charge >= 0.3 is 0 Å². The fourth-order valence-corrected chi connectivity index (χ4v) is 4.38. The van der Waals surface area contributed by atoms with Crippen LogP contribution in [0, 0.1) is 19.3 Å². The van der Waals surface area contributed by atoms with E-state index in [0.29, 0.717) is 28.0 Å². The number of hydrogen-bond donors (Lipinski definition) is 2. The summed E-state index contributed by atoms with van der Waals surface area (Å²) in [4.78, 5) is 32.7. The zero-order valence-corrected chi connectivity index (χ0v) is 17.8. The van der Waals surface area contributed by atoms with Crippen molar-refractivity contribution in [3.8, 4) is 18.1 Å². The molecule has 0 saturated carbocycles. The molecule has 2 aromatic carbocycles. The summed E-state index contributed by atoms with van der Waals surface area (Å²) in [6.45, 7) is 2.22. The number of thioether (sulfide) groups is 1. The highest BCUT2D eigenvalue weighted by Gasteiger charge is 2.31. The summed E-state index contributed by atoms with van der Waals surface area (Å²) in [5.74, 6) is 3.50. The molecule has 0 bridgehead atoms. The van der Waals surface area contributed by atoms with E-state index in [1.807, 2.05) is 37.3 Å². The topological polar surface area (TPSA) is 84.1 Å². The van der Waals surface area contributed by atoms with Gasteiger partial charge in [0, 0.05) is 18.1 Å². The number of nitrogens with zero attached hydrogens (tertiary/aromatic N) is 1. The summed E-state index contributed by atoms with van der Waals surface area (Å²) in [5.41, 5.74) is 3.39. The van der Waals surface area contributed by atoms with E-state index in [2.05, 4.69) is 27.3 Å². The number of aryl methyl sites for hydroxylation is 1. The Labute approximate surface area is 184 Å². The first-order chi connectivity index (χ1) is 15.0. The second-order valence-corrected chi connectivity index (χ2v) is 8.24. The van der Waals surface area contributed by atoms with Gasteiger partial charge in [0.15, 0.2) is 5.16 Å². The molecule has 3 aromatic rings. The predicted octanol–water partition coefficient (Wildman–Crippen LogP) is 3.86. The van der Waals surface area contributed by atoms with E-state index in [9.17, 15) is 9.59 Å². The van der Waals surface area contributed by atoms with Crippen LogP contribution in [0.25, 0.3) is 0 Å². The van der Waals surface area contributed by atoms with Gasteiger partial charge < -0.3 is 15.0 Å². The standard InChI is InChI=1S/C24H21N3O3S/c1-3-11-30-18-9-7-17(8-10-18)19-13-20(28)25-22-21(19)23(29)27-24(26-22)31-14-16-6-4-5-15(2)12-16/h1,4-10,12,19H,11,13-14H2,2H3,(H2,25,26,27,28,29). The van der Waals surface area contributed by atoms with Crippen LogP contribution >= 0.6 is 11.8 Å². The molecule has 1 unspecified atom stereocenters. The summed E-state index contributed by atoms with van der Waals surface area (Å²) < 4.78 is 5.40. The van der Waals surface area contributed by atoms with Gasteiger partial charge in [0.2, 0.25) is 5.91 Å². The van der Waals surface area contributed by atoms with Crippen LogP contribution in [0.15, 0.2) is 58.5 Å². The maximum Gasteiger partial charge on any atom is 0.257 e. The van der Waals surface area contributed by atoms with Crippen molar-refractivity contribution in [3.63, 3.8) is 0 Å². The van der Waals surface area contributed by atoms with Crippen LogP contribution in [0.5, 0.6) is 5.75 Å². The molecule has 0 radical (unpaired) electrons. The van der Waals surface area contributed by atoms with E-state index in [4.69, 9.17) is 11.2 Å². The van der Waals surface area contributed by atoms with Gasteiger partial charge in [-0.25, -0.2) is 4.98 Å². The van der Waals surface area contributed by atoms with Crippen molar-refractivity contribution in [1.29, 1.82) is 0 Å². The molecule has 31 heavy (non-hydrogen) atoms. The number of aromatic nitrogens is 2. The van der Waals surface area contributed by atoms with Crippen LogP contribution < -0.4 is 15.6 Å². The number of benzene rings is 2. The lowest BCUT2D eigenvalue weighted by Crippen LogP contribution is -2.31. The number of anilines is 1. The van der Waals surface area contributed by atoms with Crippen molar-refractivity contribution in [2.24, 2.45) is 0 Å². The Morgan fingerprint density at radius 2 is 2.03 bits per heavy atom. The second kappa shape index (κ2) is 9.11. The Morgan fingerprint density at radius 1 is 1.23 bits per heavy atom. The summed E-state index contributed by atoms with van der Waals surface area (Å²) in [5, 5.41) is 3.23. The number of carbonyl (C=O) groups is 1. The number of hydrogen-bond acceptors (Lipinski definition) is 5. The van der Waals surface area contributed by atoms with Crippen molar-refractivity contribution in [2.45, 2.75) is 30.2 Å². The molecule has 1 aromatic heterocycles. The monoisotopic (exact) mass is 431 g/mol. The molecule has 0 saturated heterocycles. The number of fused-ring (bicyclic) bond motifs is 1. The lowest BCUT2D eigenvalue weighted by atomic mass is 9.87. The lowest BCUT2D eigenvalue weighted by Gasteiger charge is -2.24. The summed E-state index contributed by atoms with van der Waals surface area (Å²) in [6, 6.07) is 15.4. The number of nitrogens with one attached hydrogen (secondary N) is 2. The Balaban J connectivity index is 1.59. The molecule has 1 aliphatic heterocycles. The number of H-pyrrole nitrogens is 1. The smallest absolute Gasteiger partial charge is 0.257 e. The minimum absolute atomic E-state index is 0.169. The molecule has 4 rings (SSSR count). The van der Waals surface area contributed by atoms with E-state index in [1.165, 1.54) is 17.3 Å². The van der Waals surface area contributed by atoms with Crippen LogP contribution in [0.4, 0.5) is 5.82 Å². The van der Waals surface area contributed by atoms with Crippen molar-refractivity contribution in [2.75, 3.05) is 11.9 Å². The number of rotatable bonds is 6. The van der Waals surface area contributed by atoms with Gasteiger partial charge in [-0.3, -0.25) is 9.59 Å². The third kappa shape index (κ3) is 4.81. The lowest BCUT2D eigenvalue weighted by molar-refractivity contribution is -0.116. The van der Waals surface area contributed by atoms with E-state index in [1.54, 1.807) is 12.1 Å². The molecule has 2 N–H and O–H groups in total. The van der Waals surface area contributed by atoms with Crippen LogP contribution in [0.3, 0.4) is 0 Å². The first-order valence-corrected chi connectivity index (χ1v) is 10.8. The zero-order chi connectivity index (χ0) is 21.8. The summed E-state index contributed by atoms with van der Waals surface area (Å²) in [7, 11) is 0. The van der Waals surface area contributed by atoms with Gasteiger partial charge in [-0.2, -0.15) is 0 Å². The van der Waals surface area contributed by atoms with E-state index in [0.717, 1.165) is 11.1 Å². The first kappa shape index (κ1) is 20.8. The minimum Gasteiger partial charge on any atom is -0.481 e. The SMILES string of the molecule is C#CCOc1ccc(C2CC(=O)Nc3nc(SCc4cccc(C)c4)[nH]c(=O)c32)cc1. The Bertz CT molecular complexity index is 1210. The fourth-order valence-electron chi connectivity index (χ4n) is 3.58. The molecule has 1 atom stereocenters. The minimum atomic E-state index is -0.377. The van der Waals surface area contributed by atoms with Crippen LogP contribution in [-0.4, -0.2) is 22.5 Å². The van der Waals surface area contributed by atoms with Gasteiger partial charge in [0.25, 0.3) is 5.56 Å². The number of aromatic amines is 1. The first-order valence-electron chi connectivity index (χ1n) is 9.82. The van der Waals surface area contributed by atoms with Crippen LogP contribution in [0.1, 0.15) is 34.6 Å². The van der Waals surface area contributed by atoms with Gasteiger partial charge in [-0.05, 0) is 30.2 Å². The average molecular weight is 432 g/mol. The Kier molecular flexibility index (Phi) is 6.10. The largest absolute Gasteiger partial charge is 0.481 e. The molecule has 6 nitrogen and oxygen atoms in total.